The van der Waals surface area contributed by atoms with Crippen molar-refractivity contribution < 1.29 is 23.9 Å². The highest BCUT2D eigenvalue weighted by Gasteiger charge is 2.30. The minimum absolute atomic E-state index is 0.320. The summed E-state index contributed by atoms with van der Waals surface area (Å²) >= 11 is 1.55. The van der Waals surface area contributed by atoms with Crippen LogP contribution in [-0.2, 0) is 19.1 Å². The third-order valence-corrected chi connectivity index (χ3v) is 3.91. The molecule has 0 aromatic rings. The molecule has 0 fully saturated rings. The van der Waals surface area contributed by atoms with Crippen molar-refractivity contribution in [1.29, 1.82) is 0 Å². The van der Waals surface area contributed by atoms with Crippen molar-refractivity contribution in [3.63, 3.8) is 0 Å². The van der Waals surface area contributed by atoms with Crippen LogP contribution >= 0.6 is 11.8 Å². The molecule has 0 aliphatic carbocycles. The number of carbonyl (C=O) groups is 3. The van der Waals surface area contributed by atoms with Gasteiger partial charge in [0.25, 0.3) is 0 Å². The van der Waals surface area contributed by atoms with Gasteiger partial charge in [-0.3, -0.25) is 4.79 Å². The average molecular weight is 375 g/mol. The zero-order chi connectivity index (χ0) is 19.6. The Kier molecular flexibility index (Phi) is 10.3. The highest BCUT2D eigenvalue weighted by molar-refractivity contribution is 7.98. The van der Waals surface area contributed by atoms with E-state index in [0.717, 1.165) is 0 Å². The monoisotopic (exact) mass is 374 g/mol. The zero-order valence-corrected chi connectivity index (χ0v) is 16.7. The maximum absolute atomic E-state index is 12.6. The van der Waals surface area contributed by atoms with Gasteiger partial charge in [-0.05, 0) is 39.2 Å². The molecule has 144 valence electrons. The SMILES string of the molecule is C=C[C@@H](C)[C@H](NC(=O)[C@H](CCSC)NC(=O)OC(C)(C)C)C(=O)OC. The van der Waals surface area contributed by atoms with Gasteiger partial charge < -0.3 is 20.1 Å². The van der Waals surface area contributed by atoms with Crippen LogP contribution in [0.4, 0.5) is 4.79 Å². The molecular weight excluding hydrogens is 344 g/mol. The average Bonchev–Trinajstić information content (AvgIpc) is 2.52. The molecule has 0 aromatic carbocycles. The normalized spacial score (nSPS) is 14.6. The first-order valence-corrected chi connectivity index (χ1v) is 9.44. The summed E-state index contributed by atoms with van der Waals surface area (Å²) in [6.45, 7) is 10.6. The molecule has 0 heterocycles. The van der Waals surface area contributed by atoms with E-state index in [1.807, 2.05) is 6.26 Å². The van der Waals surface area contributed by atoms with Crippen LogP contribution in [0.25, 0.3) is 0 Å². The Bertz CT molecular complexity index is 476. The van der Waals surface area contributed by atoms with E-state index >= 15 is 0 Å². The Morgan fingerprint density at radius 3 is 2.28 bits per heavy atom. The van der Waals surface area contributed by atoms with Gasteiger partial charge >= 0.3 is 12.1 Å². The summed E-state index contributed by atoms with van der Waals surface area (Å²) in [5.74, 6) is -0.696. The molecule has 3 atom stereocenters. The van der Waals surface area contributed by atoms with E-state index < -0.39 is 35.7 Å². The van der Waals surface area contributed by atoms with Crippen LogP contribution in [0.15, 0.2) is 12.7 Å². The van der Waals surface area contributed by atoms with Crippen LogP contribution in [0, 0.1) is 5.92 Å². The van der Waals surface area contributed by atoms with Crippen LogP contribution in [0.2, 0.25) is 0 Å². The molecule has 2 amide bonds. The van der Waals surface area contributed by atoms with E-state index in [0.29, 0.717) is 12.2 Å². The first-order chi connectivity index (χ1) is 11.6. The second-order valence-electron chi connectivity index (χ2n) is 6.58. The maximum Gasteiger partial charge on any atom is 0.408 e. The number of methoxy groups -OCH3 is 1. The fourth-order valence-electron chi connectivity index (χ4n) is 1.88. The molecule has 0 aromatic heterocycles. The standard InChI is InChI=1S/C17H30N2O5S/c1-8-11(2)13(15(21)23-6)19-14(20)12(9-10-25-7)18-16(22)24-17(3,4)5/h8,11-13H,1,9-10H2,2-7H3,(H,18,22)(H,19,20)/t11-,12+,13+/m1/s1. The van der Waals surface area contributed by atoms with Gasteiger partial charge in [0.15, 0.2) is 0 Å². The first kappa shape index (κ1) is 23.3. The van der Waals surface area contributed by atoms with Crippen LogP contribution in [0.5, 0.6) is 0 Å². The van der Waals surface area contributed by atoms with Gasteiger partial charge in [0.2, 0.25) is 5.91 Å². The lowest BCUT2D eigenvalue weighted by molar-refractivity contribution is -0.146. The topological polar surface area (TPSA) is 93.7 Å². The minimum atomic E-state index is -0.868. The van der Waals surface area contributed by atoms with Crippen molar-refractivity contribution in [1.82, 2.24) is 10.6 Å². The number of alkyl carbamates (subject to hydrolysis) is 1. The minimum Gasteiger partial charge on any atom is -0.467 e. The van der Waals surface area contributed by atoms with Gasteiger partial charge in [-0.15, -0.1) is 6.58 Å². The quantitative estimate of drug-likeness (QED) is 0.474. The smallest absolute Gasteiger partial charge is 0.408 e. The molecule has 2 N–H and O–H groups in total. The molecule has 0 saturated heterocycles. The van der Waals surface area contributed by atoms with Crippen LogP contribution in [0.1, 0.15) is 34.1 Å². The first-order valence-electron chi connectivity index (χ1n) is 8.05. The fraction of sp³-hybridized carbons (Fsp3) is 0.706. The summed E-state index contributed by atoms with van der Waals surface area (Å²) in [5.41, 5.74) is -0.670. The number of nitrogens with one attached hydrogen (secondary N) is 2. The summed E-state index contributed by atoms with van der Waals surface area (Å²) < 4.78 is 9.92. The number of esters is 1. The lowest BCUT2D eigenvalue weighted by atomic mass is 10.0. The van der Waals surface area contributed by atoms with Crippen molar-refractivity contribution in [2.75, 3.05) is 19.1 Å². The Morgan fingerprint density at radius 1 is 1.24 bits per heavy atom. The summed E-state index contributed by atoms with van der Waals surface area (Å²) in [6, 6.07) is -1.68. The highest BCUT2D eigenvalue weighted by Crippen LogP contribution is 2.10. The van der Waals surface area contributed by atoms with E-state index in [1.54, 1.807) is 45.5 Å². The van der Waals surface area contributed by atoms with E-state index in [1.165, 1.54) is 7.11 Å². The number of rotatable bonds is 9. The van der Waals surface area contributed by atoms with Crippen molar-refractivity contribution in [3.8, 4) is 0 Å². The predicted octanol–water partition coefficient (Wildman–Crippen LogP) is 2.11. The van der Waals surface area contributed by atoms with E-state index in [4.69, 9.17) is 9.47 Å². The lowest BCUT2D eigenvalue weighted by Gasteiger charge is -2.26. The third kappa shape index (κ3) is 9.38. The number of carbonyl (C=O) groups excluding carboxylic acids is 3. The number of ether oxygens (including phenoxy) is 2. The summed E-state index contributed by atoms with van der Waals surface area (Å²) in [4.78, 5) is 36.4. The lowest BCUT2D eigenvalue weighted by Crippen LogP contribution is -2.54. The van der Waals surface area contributed by atoms with E-state index in [9.17, 15) is 14.4 Å². The van der Waals surface area contributed by atoms with Crippen molar-refractivity contribution in [3.05, 3.63) is 12.7 Å². The number of hydrogen-bond acceptors (Lipinski definition) is 6. The van der Waals surface area contributed by atoms with Gasteiger partial charge in [0.1, 0.15) is 17.7 Å². The van der Waals surface area contributed by atoms with Gasteiger partial charge in [0, 0.05) is 5.92 Å². The molecule has 0 aliphatic rings. The van der Waals surface area contributed by atoms with Crippen molar-refractivity contribution >= 4 is 29.7 Å². The largest absolute Gasteiger partial charge is 0.467 e. The second kappa shape index (κ2) is 11.0. The van der Waals surface area contributed by atoms with Gasteiger partial charge in [0.05, 0.1) is 7.11 Å². The van der Waals surface area contributed by atoms with E-state index in [-0.39, 0.29) is 5.92 Å². The Morgan fingerprint density at radius 2 is 1.84 bits per heavy atom. The Labute approximate surface area is 154 Å². The van der Waals surface area contributed by atoms with Crippen molar-refractivity contribution in [2.45, 2.75) is 51.8 Å². The zero-order valence-electron chi connectivity index (χ0n) is 15.9. The summed E-state index contributed by atoms with van der Waals surface area (Å²) in [5, 5.41) is 5.19. The number of amides is 2. The number of hydrogen-bond donors (Lipinski definition) is 2. The van der Waals surface area contributed by atoms with E-state index in [2.05, 4.69) is 17.2 Å². The maximum atomic E-state index is 12.6. The molecule has 0 aliphatic heterocycles. The molecule has 0 rings (SSSR count). The molecule has 0 unspecified atom stereocenters. The molecule has 0 saturated carbocycles. The molecule has 7 nitrogen and oxygen atoms in total. The summed E-state index contributed by atoms with van der Waals surface area (Å²) in [7, 11) is 1.25. The molecule has 0 radical (unpaired) electrons. The molecule has 0 spiro atoms. The van der Waals surface area contributed by atoms with Crippen LogP contribution in [-0.4, -0.2) is 54.8 Å². The Balaban J connectivity index is 5.10. The molecule has 0 bridgehead atoms. The molecular formula is C17H30N2O5S. The molecule has 8 heteroatoms. The second-order valence-corrected chi connectivity index (χ2v) is 7.57. The van der Waals surface area contributed by atoms with Gasteiger partial charge in [-0.1, -0.05) is 13.0 Å². The number of thioether (sulfide) groups is 1. The van der Waals surface area contributed by atoms with Crippen molar-refractivity contribution in [2.24, 2.45) is 5.92 Å². The Hall–Kier alpha value is -1.70. The third-order valence-electron chi connectivity index (χ3n) is 3.27. The van der Waals surface area contributed by atoms with Gasteiger partial charge in [-0.2, -0.15) is 11.8 Å². The highest BCUT2D eigenvalue weighted by atomic mass is 32.2. The van der Waals surface area contributed by atoms with Gasteiger partial charge in [-0.25, -0.2) is 9.59 Å². The van der Waals surface area contributed by atoms with Crippen LogP contribution in [0.3, 0.4) is 0 Å². The van der Waals surface area contributed by atoms with Crippen LogP contribution < -0.4 is 10.6 Å². The molecule has 25 heavy (non-hydrogen) atoms. The fourth-order valence-corrected chi connectivity index (χ4v) is 2.35. The summed E-state index contributed by atoms with van der Waals surface area (Å²) in [6.07, 6.45) is 3.18. The predicted molar refractivity (Wildman–Crippen MR) is 99.5 cm³/mol.